The summed E-state index contributed by atoms with van der Waals surface area (Å²) >= 11 is 0. The first-order valence-corrected chi connectivity index (χ1v) is 6.45. The Bertz CT molecular complexity index is 601. The molecular formula is C10H10FNO2S. The fraction of sp³-hybridized carbons (Fsp3) is 0.200. The van der Waals surface area contributed by atoms with Gasteiger partial charge in [0.2, 0.25) is 0 Å². The van der Waals surface area contributed by atoms with Crippen LogP contribution in [-0.2, 0) is 15.6 Å². The van der Waals surface area contributed by atoms with E-state index in [9.17, 15) is 12.8 Å². The number of sulfone groups is 1. The number of hydrogen-bond donors (Lipinski definition) is 1. The van der Waals surface area contributed by atoms with E-state index in [1.165, 1.54) is 12.1 Å². The highest BCUT2D eigenvalue weighted by molar-refractivity contribution is 7.89. The zero-order valence-electron chi connectivity index (χ0n) is 8.12. The molecule has 2 aromatic rings. The molecular weight excluding hydrogens is 217 g/mol. The van der Waals surface area contributed by atoms with Gasteiger partial charge in [-0.15, -0.1) is 0 Å². The standard InChI is InChI=1S/C10H10FNO2S/c1-15(13,14)6-7-5-8-9(11)3-2-4-10(8)12-7/h2-5,12H,6H2,1H3. The zero-order valence-corrected chi connectivity index (χ0v) is 8.94. The fourth-order valence-electron chi connectivity index (χ4n) is 1.54. The van der Waals surface area contributed by atoms with Gasteiger partial charge in [-0.25, -0.2) is 12.8 Å². The van der Waals surface area contributed by atoms with Crippen molar-refractivity contribution in [2.75, 3.05) is 6.26 Å². The van der Waals surface area contributed by atoms with Gasteiger partial charge in [-0.1, -0.05) is 6.07 Å². The minimum atomic E-state index is -3.09. The molecule has 3 nitrogen and oxygen atoms in total. The third-order valence-electron chi connectivity index (χ3n) is 2.08. The number of H-pyrrole nitrogens is 1. The quantitative estimate of drug-likeness (QED) is 0.851. The summed E-state index contributed by atoms with van der Waals surface area (Å²) in [5, 5.41) is 0.427. The maximum atomic E-state index is 13.3. The summed E-state index contributed by atoms with van der Waals surface area (Å²) in [6.07, 6.45) is 1.15. The SMILES string of the molecule is CS(=O)(=O)Cc1cc2c(F)cccc2[nH]1. The molecule has 0 radical (unpaired) electrons. The third-order valence-corrected chi connectivity index (χ3v) is 2.92. The summed E-state index contributed by atoms with van der Waals surface area (Å²) in [7, 11) is -3.09. The molecule has 1 aromatic carbocycles. The average molecular weight is 227 g/mol. The van der Waals surface area contributed by atoms with Crippen LogP contribution < -0.4 is 0 Å². The van der Waals surface area contributed by atoms with E-state index >= 15 is 0 Å². The molecule has 1 heterocycles. The summed E-state index contributed by atoms with van der Waals surface area (Å²) < 4.78 is 35.4. The van der Waals surface area contributed by atoms with Crippen molar-refractivity contribution in [3.05, 3.63) is 35.8 Å². The summed E-state index contributed by atoms with van der Waals surface area (Å²) in [6.45, 7) is 0. The molecule has 0 aliphatic rings. The number of aromatic amines is 1. The van der Waals surface area contributed by atoms with Crippen molar-refractivity contribution in [1.29, 1.82) is 0 Å². The number of hydrogen-bond acceptors (Lipinski definition) is 2. The van der Waals surface area contributed by atoms with E-state index in [0.717, 1.165) is 6.26 Å². The van der Waals surface area contributed by atoms with Crippen LogP contribution in [0.1, 0.15) is 5.69 Å². The molecule has 80 valence electrons. The lowest BCUT2D eigenvalue weighted by Gasteiger charge is -1.92. The highest BCUT2D eigenvalue weighted by Crippen LogP contribution is 2.19. The van der Waals surface area contributed by atoms with Gasteiger partial charge in [0.15, 0.2) is 9.84 Å². The highest BCUT2D eigenvalue weighted by atomic mass is 32.2. The molecule has 0 amide bonds. The maximum absolute atomic E-state index is 13.3. The number of nitrogens with one attached hydrogen (secondary N) is 1. The van der Waals surface area contributed by atoms with Gasteiger partial charge in [-0.05, 0) is 18.2 Å². The number of rotatable bonds is 2. The van der Waals surface area contributed by atoms with Gasteiger partial charge in [0, 0.05) is 22.9 Å². The molecule has 0 spiro atoms. The first-order valence-electron chi connectivity index (χ1n) is 4.39. The van der Waals surface area contributed by atoms with Crippen LogP contribution in [-0.4, -0.2) is 19.7 Å². The van der Waals surface area contributed by atoms with Gasteiger partial charge < -0.3 is 4.98 Å². The van der Waals surface area contributed by atoms with Crippen molar-refractivity contribution < 1.29 is 12.8 Å². The van der Waals surface area contributed by atoms with Gasteiger partial charge in [-0.2, -0.15) is 0 Å². The molecule has 0 bridgehead atoms. The van der Waals surface area contributed by atoms with Gasteiger partial charge in [0.1, 0.15) is 5.82 Å². The van der Waals surface area contributed by atoms with Crippen molar-refractivity contribution in [3.8, 4) is 0 Å². The second-order valence-corrected chi connectivity index (χ2v) is 5.71. The Balaban J connectivity index is 2.53. The van der Waals surface area contributed by atoms with Crippen molar-refractivity contribution >= 4 is 20.7 Å². The summed E-state index contributed by atoms with van der Waals surface area (Å²) in [4.78, 5) is 2.87. The Kier molecular flexibility index (Phi) is 2.26. The van der Waals surface area contributed by atoms with Crippen LogP contribution in [0.25, 0.3) is 10.9 Å². The molecule has 0 fully saturated rings. The first-order chi connectivity index (χ1) is 6.96. The number of halogens is 1. The average Bonchev–Trinajstić information content (AvgIpc) is 2.45. The van der Waals surface area contributed by atoms with E-state index in [2.05, 4.69) is 4.98 Å². The Morgan fingerprint density at radius 3 is 2.73 bits per heavy atom. The van der Waals surface area contributed by atoms with Crippen LogP contribution in [0.4, 0.5) is 4.39 Å². The molecule has 0 aliphatic heterocycles. The zero-order chi connectivity index (χ0) is 11.1. The van der Waals surface area contributed by atoms with E-state index in [4.69, 9.17) is 0 Å². The highest BCUT2D eigenvalue weighted by Gasteiger charge is 2.09. The van der Waals surface area contributed by atoms with Gasteiger partial charge >= 0.3 is 0 Å². The summed E-state index contributed by atoms with van der Waals surface area (Å²) in [6, 6.07) is 6.18. The molecule has 15 heavy (non-hydrogen) atoms. The molecule has 2 rings (SSSR count). The minimum absolute atomic E-state index is 0.0961. The molecule has 5 heteroatoms. The van der Waals surface area contributed by atoms with Gasteiger partial charge in [0.25, 0.3) is 0 Å². The lowest BCUT2D eigenvalue weighted by atomic mass is 10.2. The molecule has 1 aromatic heterocycles. The number of fused-ring (bicyclic) bond motifs is 1. The topological polar surface area (TPSA) is 49.9 Å². The number of benzene rings is 1. The second kappa shape index (κ2) is 3.34. The predicted octanol–water partition coefficient (Wildman–Crippen LogP) is 1.85. The van der Waals surface area contributed by atoms with Crippen molar-refractivity contribution in [2.24, 2.45) is 0 Å². The maximum Gasteiger partial charge on any atom is 0.153 e. The molecule has 0 aliphatic carbocycles. The van der Waals surface area contributed by atoms with Crippen LogP contribution in [0.2, 0.25) is 0 Å². The molecule has 0 saturated carbocycles. The van der Waals surface area contributed by atoms with Crippen molar-refractivity contribution in [2.45, 2.75) is 5.75 Å². The normalized spacial score (nSPS) is 12.1. The molecule has 0 atom stereocenters. The molecule has 0 saturated heterocycles. The summed E-state index contributed by atoms with van der Waals surface area (Å²) in [5.41, 5.74) is 1.13. The first kappa shape index (κ1) is 10.2. The van der Waals surface area contributed by atoms with E-state index in [1.807, 2.05) is 0 Å². The lowest BCUT2D eigenvalue weighted by molar-refractivity contribution is 0.600. The molecule has 0 unspecified atom stereocenters. The van der Waals surface area contributed by atoms with Crippen LogP contribution in [0.15, 0.2) is 24.3 Å². The largest absolute Gasteiger partial charge is 0.357 e. The van der Waals surface area contributed by atoms with Gasteiger partial charge in [0.05, 0.1) is 5.75 Å². The fourth-order valence-corrected chi connectivity index (χ4v) is 2.26. The van der Waals surface area contributed by atoms with E-state index in [1.54, 1.807) is 12.1 Å². The lowest BCUT2D eigenvalue weighted by Crippen LogP contribution is -2.00. The van der Waals surface area contributed by atoms with Crippen molar-refractivity contribution in [3.63, 3.8) is 0 Å². The van der Waals surface area contributed by atoms with E-state index in [0.29, 0.717) is 16.6 Å². The Labute approximate surface area is 86.8 Å². The molecule has 1 N–H and O–H groups in total. The van der Waals surface area contributed by atoms with Crippen LogP contribution in [0, 0.1) is 5.82 Å². The minimum Gasteiger partial charge on any atom is -0.357 e. The predicted molar refractivity (Wildman–Crippen MR) is 56.8 cm³/mol. The second-order valence-electron chi connectivity index (χ2n) is 3.57. The third kappa shape index (κ3) is 2.18. The number of aromatic nitrogens is 1. The van der Waals surface area contributed by atoms with Gasteiger partial charge in [-0.3, -0.25) is 0 Å². The van der Waals surface area contributed by atoms with E-state index in [-0.39, 0.29) is 11.6 Å². The van der Waals surface area contributed by atoms with Crippen molar-refractivity contribution in [1.82, 2.24) is 4.98 Å². The monoisotopic (exact) mass is 227 g/mol. The van der Waals surface area contributed by atoms with Crippen LogP contribution in [0.5, 0.6) is 0 Å². The summed E-state index contributed by atoms with van der Waals surface area (Å²) in [5.74, 6) is -0.440. The Hall–Kier alpha value is -1.36. The van der Waals surface area contributed by atoms with E-state index < -0.39 is 9.84 Å². The van der Waals surface area contributed by atoms with Crippen LogP contribution >= 0.6 is 0 Å². The Morgan fingerprint density at radius 1 is 1.40 bits per heavy atom. The smallest absolute Gasteiger partial charge is 0.153 e. The Morgan fingerprint density at radius 2 is 2.13 bits per heavy atom. The van der Waals surface area contributed by atoms with Crippen LogP contribution in [0.3, 0.4) is 0 Å².